The number of carbonyl (C=O) groups is 3. The highest BCUT2D eigenvalue weighted by molar-refractivity contribution is 5.91. The molecule has 170 valence electrons. The Labute approximate surface area is 187 Å². The Morgan fingerprint density at radius 3 is 2.09 bits per heavy atom. The monoisotopic (exact) mass is 440 g/mol. The average Bonchev–Trinajstić information content (AvgIpc) is 2.80. The Morgan fingerprint density at radius 2 is 1.47 bits per heavy atom. The predicted molar refractivity (Wildman–Crippen MR) is 119 cm³/mol. The van der Waals surface area contributed by atoms with Crippen LogP contribution in [0.2, 0.25) is 0 Å². The molecule has 0 radical (unpaired) electrons. The highest BCUT2D eigenvalue weighted by Crippen LogP contribution is 2.17. The normalized spacial score (nSPS) is 10.2. The maximum Gasteiger partial charge on any atom is 0.343 e. The molecule has 1 N–H and O–H groups in total. The fourth-order valence-corrected chi connectivity index (χ4v) is 2.81. The molecule has 7 heteroatoms. The molecule has 32 heavy (non-hydrogen) atoms. The van der Waals surface area contributed by atoms with Crippen LogP contribution in [-0.4, -0.2) is 36.2 Å². The van der Waals surface area contributed by atoms with Gasteiger partial charge in [-0.3, -0.25) is 4.79 Å². The number of ether oxygens (including phenoxy) is 3. The molecule has 0 bridgehead atoms. The van der Waals surface area contributed by atoms with E-state index in [9.17, 15) is 14.4 Å². The van der Waals surface area contributed by atoms with Crippen LogP contribution in [-0.2, 0) is 20.7 Å². The summed E-state index contributed by atoms with van der Waals surface area (Å²) >= 11 is 0. The van der Waals surface area contributed by atoms with E-state index in [0.717, 1.165) is 37.3 Å². The second-order valence-electron chi connectivity index (χ2n) is 7.09. The molecule has 0 fully saturated rings. The fraction of sp³-hybridized carbons (Fsp3) is 0.320. The zero-order chi connectivity index (χ0) is 23.2. The summed E-state index contributed by atoms with van der Waals surface area (Å²) in [4.78, 5) is 33.8. The van der Waals surface area contributed by atoms with E-state index in [1.807, 2.05) is 0 Å². The lowest BCUT2D eigenvalue weighted by Crippen LogP contribution is -2.08. The van der Waals surface area contributed by atoms with Crippen molar-refractivity contribution in [2.45, 2.75) is 38.5 Å². The number of aliphatic carboxylic acids is 1. The Morgan fingerprint density at radius 1 is 0.844 bits per heavy atom. The summed E-state index contributed by atoms with van der Waals surface area (Å²) in [6.07, 6.45) is 5.23. The number of hydrogen-bond acceptors (Lipinski definition) is 6. The predicted octanol–water partition coefficient (Wildman–Crippen LogP) is 4.59. The minimum absolute atomic E-state index is 0.0563. The van der Waals surface area contributed by atoms with Crippen LogP contribution in [0.4, 0.5) is 0 Å². The zero-order valence-corrected chi connectivity index (χ0v) is 18.0. The molecule has 0 atom stereocenters. The molecule has 0 amide bonds. The Kier molecular flexibility index (Phi) is 10.5. The Bertz CT molecular complexity index is 886. The molecule has 0 saturated heterocycles. The molecule has 0 aromatic heterocycles. The van der Waals surface area contributed by atoms with Crippen LogP contribution in [0.1, 0.15) is 48.0 Å². The molecule has 0 aliphatic rings. The quantitative estimate of drug-likeness (QED) is 0.198. The molecular weight excluding hydrogens is 412 g/mol. The first-order chi connectivity index (χ1) is 15.5. The number of hydrogen-bond donors (Lipinski definition) is 1. The van der Waals surface area contributed by atoms with E-state index in [-0.39, 0.29) is 6.42 Å². The van der Waals surface area contributed by atoms with Crippen molar-refractivity contribution in [1.82, 2.24) is 0 Å². The van der Waals surface area contributed by atoms with E-state index >= 15 is 0 Å². The molecule has 0 unspecified atom stereocenters. The minimum atomic E-state index is -0.850. The third kappa shape index (κ3) is 9.47. The summed E-state index contributed by atoms with van der Waals surface area (Å²) in [7, 11) is 0. The van der Waals surface area contributed by atoms with Gasteiger partial charge < -0.3 is 19.3 Å². The smallest absolute Gasteiger partial charge is 0.343 e. The molecular formula is C25H28O7. The third-order valence-electron chi connectivity index (χ3n) is 4.57. The molecule has 2 aromatic rings. The van der Waals surface area contributed by atoms with Crippen molar-refractivity contribution in [1.29, 1.82) is 0 Å². The lowest BCUT2D eigenvalue weighted by atomic mass is 10.1. The average molecular weight is 440 g/mol. The van der Waals surface area contributed by atoms with Crippen LogP contribution >= 0.6 is 0 Å². The zero-order valence-electron chi connectivity index (χ0n) is 18.0. The van der Waals surface area contributed by atoms with Gasteiger partial charge in [0.05, 0.1) is 18.8 Å². The van der Waals surface area contributed by atoms with Crippen LogP contribution in [0.25, 0.3) is 0 Å². The van der Waals surface area contributed by atoms with Gasteiger partial charge in [-0.05, 0) is 74.1 Å². The first kappa shape index (κ1) is 24.7. The SMILES string of the molecule is C=CC(=O)OCCCCCCOc1ccc(C(=O)Oc2ccc(CCC(=O)O)cc2)cc1. The maximum absolute atomic E-state index is 12.3. The summed E-state index contributed by atoms with van der Waals surface area (Å²) in [5, 5.41) is 8.72. The van der Waals surface area contributed by atoms with Gasteiger partial charge in [0.15, 0.2) is 0 Å². The van der Waals surface area contributed by atoms with E-state index < -0.39 is 17.9 Å². The van der Waals surface area contributed by atoms with Crippen molar-refractivity contribution in [3.63, 3.8) is 0 Å². The lowest BCUT2D eigenvalue weighted by molar-refractivity contribution is -0.138. The van der Waals surface area contributed by atoms with Gasteiger partial charge in [0.25, 0.3) is 0 Å². The standard InChI is InChI=1S/C25H28O7/c1-2-24(28)31-18-6-4-3-5-17-30-21-14-10-20(11-15-21)25(29)32-22-12-7-19(8-13-22)9-16-23(26)27/h2,7-8,10-15H,1,3-6,9,16-18H2,(H,26,27). The number of carboxylic acid groups (broad SMARTS) is 1. The van der Waals surface area contributed by atoms with Crippen molar-refractivity contribution < 1.29 is 33.7 Å². The van der Waals surface area contributed by atoms with Crippen LogP contribution in [0.3, 0.4) is 0 Å². The highest BCUT2D eigenvalue weighted by Gasteiger charge is 2.09. The van der Waals surface area contributed by atoms with Gasteiger partial charge in [-0.1, -0.05) is 18.7 Å². The summed E-state index contributed by atoms with van der Waals surface area (Å²) in [5.41, 5.74) is 1.27. The van der Waals surface area contributed by atoms with Gasteiger partial charge in [-0.15, -0.1) is 0 Å². The molecule has 0 aliphatic heterocycles. The number of esters is 2. The Balaban J connectivity index is 1.67. The number of carbonyl (C=O) groups excluding carboxylic acids is 2. The number of aryl methyl sites for hydroxylation is 1. The topological polar surface area (TPSA) is 99.1 Å². The molecule has 7 nitrogen and oxygen atoms in total. The van der Waals surface area contributed by atoms with Crippen LogP contribution < -0.4 is 9.47 Å². The highest BCUT2D eigenvalue weighted by atomic mass is 16.5. The third-order valence-corrected chi connectivity index (χ3v) is 4.57. The van der Waals surface area contributed by atoms with E-state index in [4.69, 9.17) is 19.3 Å². The first-order valence-corrected chi connectivity index (χ1v) is 10.5. The molecule has 0 saturated carbocycles. The van der Waals surface area contributed by atoms with E-state index in [0.29, 0.717) is 36.7 Å². The van der Waals surface area contributed by atoms with E-state index in [2.05, 4.69) is 6.58 Å². The van der Waals surface area contributed by atoms with Crippen molar-refractivity contribution in [3.8, 4) is 11.5 Å². The molecule has 0 heterocycles. The van der Waals surface area contributed by atoms with E-state index in [1.165, 1.54) is 0 Å². The largest absolute Gasteiger partial charge is 0.494 e. The molecule has 2 aromatic carbocycles. The van der Waals surface area contributed by atoms with Crippen molar-refractivity contribution >= 4 is 17.9 Å². The maximum atomic E-state index is 12.3. The summed E-state index contributed by atoms with van der Waals surface area (Å²) in [5.74, 6) is -0.659. The molecule has 0 spiro atoms. The second kappa shape index (κ2) is 13.6. The first-order valence-electron chi connectivity index (χ1n) is 10.5. The van der Waals surface area contributed by atoms with Gasteiger partial charge in [0, 0.05) is 12.5 Å². The van der Waals surface area contributed by atoms with E-state index in [1.54, 1.807) is 48.5 Å². The van der Waals surface area contributed by atoms with Crippen LogP contribution in [0.5, 0.6) is 11.5 Å². The number of unbranched alkanes of at least 4 members (excludes halogenated alkanes) is 3. The summed E-state index contributed by atoms with van der Waals surface area (Å²) in [6.45, 7) is 4.30. The number of rotatable bonds is 14. The van der Waals surface area contributed by atoms with Gasteiger partial charge in [0.1, 0.15) is 11.5 Å². The van der Waals surface area contributed by atoms with Gasteiger partial charge >= 0.3 is 17.9 Å². The van der Waals surface area contributed by atoms with Crippen molar-refractivity contribution in [2.75, 3.05) is 13.2 Å². The molecule has 0 aliphatic carbocycles. The van der Waals surface area contributed by atoms with Crippen LogP contribution in [0.15, 0.2) is 61.2 Å². The van der Waals surface area contributed by atoms with Gasteiger partial charge in [-0.25, -0.2) is 9.59 Å². The van der Waals surface area contributed by atoms with Crippen LogP contribution in [0, 0.1) is 0 Å². The minimum Gasteiger partial charge on any atom is -0.494 e. The summed E-state index contributed by atoms with van der Waals surface area (Å²) in [6, 6.07) is 13.5. The van der Waals surface area contributed by atoms with Crippen molar-refractivity contribution in [3.05, 3.63) is 72.3 Å². The van der Waals surface area contributed by atoms with Crippen molar-refractivity contribution in [2.24, 2.45) is 0 Å². The van der Waals surface area contributed by atoms with Gasteiger partial charge in [-0.2, -0.15) is 0 Å². The molecule has 2 rings (SSSR count). The Hall–Kier alpha value is -3.61. The second-order valence-corrected chi connectivity index (χ2v) is 7.09. The number of benzene rings is 2. The number of carboxylic acids is 1. The summed E-state index contributed by atoms with van der Waals surface area (Å²) < 4.78 is 15.9. The lowest BCUT2D eigenvalue weighted by Gasteiger charge is -2.08. The van der Waals surface area contributed by atoms with Gasteiger partial charge in [0.2, 0.25) is 0 Å². The fourth-order valence-electron chi connectivity index (χ4n) is 2.81.